The molecule has 0 aliphatic carbocycles. The minimum atomic E-state index is -0.467. The maximum absolute atomic E-state index is 12.4. The van der Waals surface area contributed by atoms with Gasteiger partial charge < -0.3 is 10.6 Å². The van der Waals surface area contributed by atoms with Crippen LogP contribution in [0.2, 0.25) is 0 Å². The molecular weight excluding hydrogens is 296 g/mol. The van der Waals surface area contributed by atoms with Crippen LogP contribution in [0.15, 0.2) is 22.7 Å². The highest BCUT2D eigenvalue weighted by molar-refractivity contribution is 9.10. The van der Waals surface area contributed by atoms with Gasteiger partial charge in [-0.2, -0.15) is 0 Å². The smallest absolute Gasteiger partial charge is 0.255 e. The summed E-state index contributed by atoms with van der Waals surface area (Å²) in [5, 5.41) is 0. The first kappa shape index (κ1) is 13.1. The Kier molecular flexibility index (Phi) is 3.71. The molecule has 1 aliphatic rings. The van der Waals surface area contributed by atoms with E-state index < -0.39 is 11.9 Å². The third-order valence-electron chi connectivity index (χ3n) is 3.20. The van der Waals surface area contributed by atoms with E-state index in [1.807, 2.05) is 19.1 Å². The maximum atomic E-state index is 12.4. The van der Waals surface area contributed by atoms with Crippen LogP contribution in [0.3, 0.4) is 0 Å². The second-order valence-corrected chi connectivity index (χ2v) is 5.40. The zero-order valence-electron chi connectivity index (χ0n) is 10.1. The quantitative estimate of drug-likeness (QED) is 0.906. The summed E-state index contributed by atoms with van der Waals surface area (Å²) < 4.78 is 0.752. The van der Waals surface area contributed by atoms with Gasteiger partial charge in [0.05, 0.1) is 5.56 Å². The van der Waals surface area contributed by atoms with E-state index in [9.17, 15) is 9.59 Å². The van der Waals surface area contributed by atoms with Gasteiger partial charge in [0.2, 0.25) is 5.91 Å². The van der Waals surface area contributed by atoms with Crippen molar-refractivity contribution in [2.45, 2.75) is 25.8 Å². The third kappa shape index (κ3) is 2.41. The Bertz CT molecular complexity index is 502. The van der Waals surface area contributed by atoms with Crippen LogP contribution in [0.4, 0.5) is 0 Å². The molecule has 18 heavy (non-hydrogen) atoms. The number of aryl methyl sites for hydroxylation is 1. The summed E-state index contributed by atoms with van der Waals surface area (Å²) in [5.41, 5.74) is 6.97. The lowest BCUT2D eigenvalue weighted by molar-refractivity contribution is -0.121. The van der Waals surface area contributed by atoms with Gasteiger partial charge in [-0.1, -0.05) is 6.07 Å². The lowest BCUT2D eigenvalue weighted by atomic mass is 10.1. The van der Waals surface area contributed by atoms with Crippen molar-refractivity contribution in [1.82, 2.24) is 4.90 Å². The van der Waals surface area contributed by atoms with E-state index in [1.54, 1.807) is 11.0 Å². The molecular formula is C13H15BrN2O2. The number of rotatable bonds is 2. The first-order chi connectivity index (χ1) is 8.50. The second-order valence-electron chi connectivity index (χ2n) is 4.54. The molecule has 96 valence electrons. The molecule has 1 saturated heterocycles. The highest BCUT2D eigenvalue weighted by atomic mass is 79.9. The highest BCUT2D eigenvalue weighted by Gasteiger charge is 2.33. The monoisotopic (exact) mass is 310 g/mol. The number of amides is 2. The molecule has 0 radical (unpaired) electrons. The molecule has 0 saturated carbocycles. The maximum Gasteiger partial charge on any atom is 0.255 e. The van der Waals surface area contributed by atoms with Gasteiger partial charge in [0.25, 0.3) is 5.91 Å². The number of nitrogens with zero attached hydrogens (tertiary/aromatic N) is 1. The fourth-order valence-corrected chi connectivity index (χ4v) is 2.92. The average Bonchev–Trinajstić information content (AvgIpc) is 2.77. The summed E-state index contributed by atoms with van der Waals surface area (Å²) in [6, 6.07) is 5.08. The molecule has 4 nitrogen and oxygen atoms in total. The van der Waals surface area contributed by atoms with Gasteiger partial charge in [-0.05, 0) is 53.4 Å². The summed E-state index contributed by atoms with van der Waals surface area (Å²) in [4.78, 5) is 25.3. The number of primary amides is 1. The fraction of sp³-hybridized carbons (Fsp3) is 0.385. The van der Waals surface area contributed by atoms with Crippen LogP contribution >= 0.6 is 15.9 Å². The Balaban J connectivity index is 2.28. The lowest BCUT2D eigenvalue weighted by Gasteiger charge is -2.22. The number of benzene rings is 1. The number of likely N-dealkylation sites (tertiary alicyclic amines) is 1. The van der Waals surface area contributed by atoms with Gasteiger partial charge in [-0.15, -0.1) is 0 Å². The average molecular weight is 311 g/mol. The molecule has 0 spiro atoms. The van der Waals surface area contributed by atoms with E-state index in [4.69, 9.17) is 5.73 Å². The van der Waals surface area contributed by atoms with Gasteiger partial charge >= 0.3 is 0 Å². The van der Waals surface area contributed by atoms with Crippen LogP contribution < -0.4 is 5.73 Å². The number of hydrogen-bond donors (Lipinski definition) is 1. The Morgan fingerprint density at radius 1 is 1.44 bits per heavy atom. The molecule has 0 aromatic heterocycles. The molecule has 1 fully saturated rings. The zero-order chi connectivity index (χ0) is 13.3. The molecule has 1 aromatic rings. The van der Waals surface area contributed by atoms with E-state index in [2.05, 4.69) is 15.9 Å². The summed E-state index contributed by atoms with van der Waals surface area (Å²) >= 11 is 3.39. The van der Waals surface area contributed by atoms with Crippen molar-refractivity contribution in [3.05, 3.63) is 33.8 Å². The molecule has 1 aromatic carbocycles. The summed E-state index contributed by atoms with van der Waals surface area (Å²) in [5.74, 6) is -0.563. The fourth-order valence-electron chi connectivity index (χ4n) is 2.25. The largest absolute Gasteiger partial charge is 0.368 e. The number of hydrogen-bond acceptors (Lipinski definition) is 2. The van der Waals surface area contributed by atoms with E-state index >= 15 is 0 Å². The molecule has 2 rings (SSSR count). The number of halogens is 1. The van der Waals surface area contributed by atoms with Crippen molar-refractivity contribution >= 4 is 27.7 Å². The normalized spacial score (nSPS) is 19.0. The molecule has 0 bridgehead atoms. The summed E-state index contributed by atoms with van der Waals surface area (Å²) in [7, 11) is 0. The molecule has 1 aliphatic heterocycles. The molecule has 1 heterocycles. The van der Waals surface area contributed by atoms with Crippen LogP contribution in [-0.2, 0) is 4.79 Å². The highest BCUT2D eigenvalue weighted by Crippen LogP contribution is 2.24. The van der Waals surface area contributed by atoms with Crippen molar-refractivity contribution < 1.29 is 9.59 Å². The van der Waals surface area contributed by atoms with E-state index in [-0.39, 0.29) is 5.91 Å². The summed E-state index contributed by atoms with van der Waals surface area (Å²) in [6.45, 7) is 2.55. The Morgan fingerprint density at radius 3 is 2.78 bits per heavy atom. The van der Waals surface area contributed by atoms with Crippen LogP contribution in [0, 0.1) is 6.92 Å². The topological polar surface area (TPSA) is 63.4 Å². The number of carbonyl (C=O) groups excluding carboxylic acids is 2. The third-order valence-corrected chi connectivity index (χ3v) is 3.85. The minimum Gasteiger partial charge on any atom is -0.368 e. The van der Waals surface area contributed by atoms with Gasteiger partial charge in [0, 0.05) is 11.0 Å². The number of carbonyl (C=O) groups is 2. The van der Waals surface area contributed by atoms with Crippen LogP contribution in [0.1, 0.15) is 28.8 Å². The van der Waals surface area contributed by atoms with Crippen molar-refractivity contribution in [3.63, 3.8) is 0 Å². The molecule has 5 heteroatoms. The SMILES string of the molecule is Cc1ccc(C(=O)N2CCCC2C(N)=O)c(Br)c1. The minimum absolute atomic E-state index is 0.136. The van der Waals surface area contributed by atoms with E-state index in [0.29, 0.717) is 18.5 Å². The molecule has 2 amide bonds. The van der Waals surface area contributed by atoms with Gasteiger partial charge in [0.1, 0.15) is 6.04 Å². The van der Waals surface area contributed by atoms with Crippen LogP contribution in [-0.4, -0.2) is 29.3 Å². The van der Waals surface area contributed by atoms with Crippen LogP contribution in [0.25, 0.3) is 0 Å². The lowest BCUT2D eigenvalue weighted by Crippen LogP contribution is -2.43. The second kappa shape index (κ2) is 5.10. The van der Waals surface area contributed by atoms with Gasteiger partial charge in [0.15, 0.2) is 0 Å². The summed E-state index contributed by atoms with van der Waals surface area (Å²) in [6.07, 6.45) is 1.48. The van der Waals surface area contributed by atoms with Crippen molar-refractivity contribution in [2.24, 2.45) is 5.73 Å². The number of nitrogens with two attached hydrogens (primary N) is 1. The first-order valence-electron chi connectivity index (χ1n) is 5.87. The Labute approximate surface area is 114 Å². The molecule has 1 unspecified atom stereocenters. The van der Waals surface area contributed by atoms with Crippen molar-refractivity contribution in [3.8, 4) is 0 Å². The standard InChI is InChI=1S/C13H15BrN2O2/c1-8-4-5-9(10(14)7-8)13(18)16-6-2-3-11(16)12(15)17/h4-5,7,11H,2-3,6H2,1H3,(H2,15,17). The van der Waals surface area contributed by atoms with Crippen molar-refractivity contribution in [2.75, 3.05) is 6.54 Å². The molecule has 2 N–H and O–H groups in total. The van der Waals surface area contributed by atoms with E-state index in [1.165, 1.54) is 0 Å². The Morgan fingerprint density at radius 2 is 2.17 bits per heavy atom. The van der Waals surface area contributed by atoms with E-state index in [0.717, 1.165) is 16.5 Å². The molecule has 1 atom stereocenters. The predicted molar refractivity (Wildman–Crippen MR) is 72.1 cm³/mol. The van der Waals surface area contributed by atoms with Crippen molar-refractivity contribution in [1.29, 1.82) is 0 Å². The van der Waals surface area contributed by atoms with Crippen LogP contribution in [0.5, 0.6) is 0 Å². The van der Waals surface area contributed by atoms with Gasteiger partial charge in [-0.3, -0.25) is 9.59 Å². The Hall–Kier alpha value is -1.36. The first-order valence-corrected chi connectivity index (χ1v) is 6.66. The predicted octanol–water partition coefficient (Wildman–Crippen LogP) is 1.85. The zero-order valence-corrected chi connectivity index (χ0v) is 11.7. The van der Waals surface area contributed by atoms with Gasteiger partial charge in [-0.25, -0.2) is 0 Å².